The van der Waals surface area contributed by atoms with Crippen LogP contribution in [0, 0.1) is 11.7 Å². The Morgan fingerprint density at radius 2 is 1.67 bits per heavy atom. The zero-order valence-corrected chi connectivity index (χ0v) is 24.2. The smallest absolute Gasteiger partial charge is 0.253 e. The van der Waals surface area contributed by atoms with Crippen molar-refractivity contribution in [2.45, 2.75) is 51.5 Å². The van der Waals surface area contributed by atoms with E-state index in [1.54, 1.807) is 18.2 Å². The van der Waals surface area contributed by atoms with E-state index >= 15 is 0 Å². The summed E-state index contributed by atoms with van der Waals surface area (Å²) < 4.78 is 13.4. The van der Waals surface area contributed by atoms with Crippen LogP contribution in [0.1, 0.15) is 66.4 Å². The molecule has 3 amide bonds. The van der Waals surface area contributed by atoms with Crippen molar-refractivity contribution < 1.29 is 18.8 Å². The van der Waals surface area contributed by atoms with Crippen molar-refractivity contribution in [3.05, 3.63) is 95.3 Å². The number of nitrogens with one attached hydrogen (secondary N) is 2. The molecule has 1 aliphatic heterocycles. The normalized spacial score (nSPS) is 16.2. The number of carbonyl (C=O) groups is 3. The van der Waals surface area contributed by atoms with Crippen molar-refractivity contribution >= 4 is 29.1 Å². The summed E-state index contributed by atoms with van der Waals surface area (Å²) in [5.74, 6) is -0.635. The second-order valence-electron chi connectivity index (χ2n) is 11.2. The van der Waals surface area contributed by atoms with Crippen molar-refractivity contribution in [3.63, 3.8) is 0 Å². The molecule has 2 N–H and O–H groups in total. The maximum absolute atomic E-state index is 13.6. The van der Waals surface area contributed by atoms with Crippen molar-refractivity contribution in [3.8, 4) is 0 Å². The fraction of sp³-hybridized carbons (Fsp3) is 0.382. The number of amides is 3. The Morgan fingerprint density at radius 1 is 0.905 bits per heavy atom. The molecule has 42 heavy (non-hydrogen) atoms. The lowest BCUT2D eigenvalue weighted by atomic mass is 9.85. The Balaban J connectivity index is 1.33. The molecule has 3 aromatic carbocycles. The quantitative estimate of drug-likeness (QED) is 0.345. The lowest BCUT2D eigenvalue weighted by Crippen LogP contribution is -2.38. The lowest BCUT2D eigenvalue weighted by molar-refractivity contribution is -0.132. The summed E-state index contributed by atoms with van der Waals surface area (Å²) in [5.41, 5.74) is 3.62. The van der Waals surface area contributed by atoms with E-state index in [0.717, 1.165) is 48.9 Å². The van der Waals surface area contributed by atoms with Gasteiger partial charge in [0.15, 0.2) is 0 Å². The summed E-state index contributed by atoms with van der Waals surface area (Å²) in [6, 6.07) is 21.4. The number of rotatable bonds is 9. The molecule has 2 fully saturated rings. The molecule has 5 rings (SSSR count). The van der Waals surface area contributed by atoms with Gasteiger partial charge < -0.3 is 20.4 Å². The minimum Gasteiger partial charge on any atom is -0.369 e. The largest absolute Gasteiger partial charge is 0.369 e. The van der Waals surface area contributed by atoms with E-state index < -0.39 is 0 Å². The first-order valence-corrected chi connectivity index (χ1v) is 15.0. The number of nitrogens with zero attached hydrogens (tertiary/aromatic N) is 2. The van der Waals surface area contributed by atoms with E-state index in [9.17, 15) is 18.8 Å². The molecule has 0 aromatic heterocycles. The fourth-order valence-electron chi connectivity index (χ4n) is 5.70. The molecule has 1 saturated heterocycles. The Kier molecular flexibility index (Phi) is 9.52. The van der Waals surface area contributed by atoms with E-state index in [4.69, 9.17) is 0 Å². The maximum atomic E-state index is 13.6. The first-order valence-electron chi connectivity index (χ1n) is 15.0. The average Bonchev–Trinajstić information content (AvgIpc) is 3.23. The number of halogens is 1. The summed E-state index contributed by atoms with van der Waals surface area (Å²) in [4.78, 5) is 43.8. The standard InChI is InChI=1S/C34H39FN4O3/c1-2-29(25-8-4-3-5-9-25)34(42)39-19-7-18-38(20-21-39)31-17-16-28(37-32(40)26-10-6-11-26)22-30(31)33(41)36-23-24-12-14-27(35)15-13-24/h3-5,8-9,12-17,22,26,29H,2,6-7,10-11,18-21,23H2,1H3,(H,36,41)(H,37,40). The number of carbonyl (C=O) groups excluding carboxylic acids is 3. The molecule has 8 heteroatoms. The monoisotopic (exact) mass is 570 g/mol. The van der Waals surface area contributed by atoms with Gasteiger partial charge in [-0.15, -0.1) is 0 Å². The Morgan fingerprint density at radius 3 is 2.36 bits per heavy atom. The highest BCUT2D eigenvalue weighted by molar-refractivity contribution is 6.02. The van der Waals surface area contributed by atoms with E-state index in [0.29, 0.717) is 37.4 Å². The summed E-state index contributed by atoms with van der Waals surface area (Å²) in [7, 11) is 0. The predicted molar refractivity (Wildman–Crippen MR) is 163 cm³/mol. The Bertz CT molecular complexity index is 1390. The molecular formula is C34H39FN4O3. The second kappa shape index (κ2) is 13.6. The third kappa shape index (κ3) is 6.98. The molecule has 1 aliphatic carbocycles. The van der Waals surface area contributed by atoms with Gasteiger partial charge in [-0.05, 0) is 67.1 Å². The zero-order chi connectivity index (χ0) is 29.5. The van der Waals surface area contributed by atoms with E-state index in [2.05, 4.69) is 15.5 Å². The molecular weight excluding hydrogens is 531 g/mol. The van der Waals surface area contributed by atoms with Gasteiger partial charge in [0.1, 0.15) is 5.82 Å². The molecule has 3 aromatic rings. The van der Waals surface area contributed by atoms with Crippen LogP contribution in [0.3, 0.4) is 0 Å². The van der Waals surface area contributed by atoms with Crippen LogP contribution in [0.25, 0.3) is 0 Å². The Hall–Kier alpha value is -4.20. The third-order valence-electron chi connectivity index (χ3n) is 8.41. The molecule has 1 heterocycles. The Labute approximate surface area is 247 Å². The number of hydrogen-bond donors (Lipinski definition) is 2. The minimum atomic E-state index is -0.329. The SMILES string of the molecule is CCC(C(=O)N1CCCN(c2ccc(NC(=O)C3CCC3)cc2C(=O)NCc2ccc(F)cc2)CC1)c1ccccc1. The molecule has 220 valence electrons. The number of anilines is 2. The van der Waals surface area contributed by atoms with Crippen LogP contribution in [0.15, 0.2) is 72.8 Å². The van der Waals surface area contributed by atoms with E-state index in [-0.39, 0.29) is 41.9 Å². The molecule has 0 radical (unpaired) electrons. The third-order valence-corrected chi connectivity index (χ3v) is 8.41. The van der Waals surface area contributed by atoms with Crippen molar-refractivity contribution in [2.75, 3.05) is 36.4 Å². The van der Waals surface area contributed by atoms with Crippen LogP contribution in [-0.4, -0.2) is 48.8 Å². The van der Waals surface area contributed by atoms with E-state index in [1.807, 2.05) is 54.3 Å². The molecule has 1 atom stereocenters. The molecule has 7 nitrogen and oxygen atoms in total. The number of hydrogen-bond acceptors (Lipinski definition) is 4. The van der Waals surface area contributed by atoms with Crippen molar-refractivity contribution in [2.24, 2.45) is 5.92 Å². The van der Waals surface area contributed by atoms with Crippen molar-refractivity contribution in [1.29, 1.82) is 0 Å². The highest BCUT2D eigenvalue weighted by Gasteiger charge is 2.28. The van der Waals surface area contributed by atoms with Crippen LogP contribution in [0.5, 0.6) is 0 Å². The molecule has 0 bridgehead atoms. The fourth-order valence-corrected chi connectivity index (χ4v) is 5.70. The highest BCUT2D eigenvalue weighted by Crippen LogP contribution is 2.30. The van der Waals surface area contributed by atoms with Crippen LogP contribution in [-0.2, 0) is 16.1 Å². The topological polar surface area (TPSA) is 81.8 Å². The average molecular weight is 571 g/mol. The van der Waals surface area contributed by atoms with Gasteiger partial charge in [0, 0.05) is 50.0 Å². The van der Waals surface area contributed by atoms with Gasteiger partial charge in [-0.2, -0.15) is 0 Å². The summed E-state index contributed by atoms with van der Waals surface area (Å²) in [5, 5.41) is 5.94. The summed E-state index contributed by atoms with van der Waals surface area (Å²) in [6.45, 7) is 4.78. The van der Waals surface area contributed by atoms with Gasteiger partial charge in [-0.1, -0.05) is 55.8 Å². The molecule has 1 saturated carbocycles. The first kappa shape index (κ1) is 29.3. The molecule has 0 spiro atoms. The van der Waals surface area contributed by atoms with E-state index in [1.165, 1.54) is 12.1 Å². The van der Waals surface area contributed by atoms with Gasteiger partial charge in [0.2, 0.25) is 11.8 Å². The van der Waals surface area contributed by atoms with Crippen molar-refractivity contribution in [1.82, 2.24) is 10.2 Å². The van der Waals surface area contributed by atoms with Gasteiger partial charge in [-0.3, -0.25) is 14.4 Å². The van der Waals surface area contributed by atoms with Crippen LogP contribution in [0.2, 0.25) is 0 Å². The molecule has 2 aliphatic rings. The number of benzene rings is 3. The van der Waals surface area contributed by atoms with Gasteiger partial charge in [0.05, 0.1) is 11.5 Å². The van der Waals surface area contributed by atoms with Gasteiger partial charge in [-0.25, -0.2) is 4.39 Å². The van der Waals surface area contributed by atoms with Crippen LogP contribution >= 0.6 is 0 Å². The summed E-state index contributed by atoms with van der Waals surface area (Å²) >= 11 is 0. The first-order chi connectivity index (χ1) is 20.4. The highest BCUT2D eigenvalue weighted by atomic mass is 19.1. The zero-order valence-electron chi connectivity index (χ0n) is 24.2. The molecule has 1 unspecified atom stereocenters. The summed E-state index contributed by atoms with van der Waals surface area (Å²) in [6.07, 6.45) is 4.35. The van der Waals surface area contributed by atoms with Gasteiger partial charge in [0.25, 0.3) is 5.91 Å². The predicted octanol–water partition coefficient (Wildman–Crippen LogP) is 5.73. The second-order valence-corrected chi connectivity index (χ2v) is 11.2. The van der Waals surface area contributed by atoms with Crippen LogP contribution < -0.4 is 15.5 Å². The minimum absolute atomic E-state index is 0.0144. The van der Waals surface area contributed by atoms with Crippen LogP contribution in [0.4, 0.5) is 15.8 Å². The maximum Gasteiger partial charge on any atom is 0.253 e. The van der Waals surface area contributed by atoms with Gasteiger partial charge >= 0.3 is 0 Å². The lowest BCUT2D eigenvalue weighted by Gasteiger charge is -2.28.